The van der Waals surface area contributed by atoms with Crippen LogP contribution >= 0.6 is 11.3 Å². The minimum absolute atomic E-state index is 0.450. The van der Waals surface area contributed by atoms with Crippen molar-refractivity contribution in [3.8, 4) is 5.69 Å². The van der Waals surface area contributed by atoms with Gasteiger partial charge in [0.1, 0.15) is 5.52 Å². The topological polar surface area (TPSA) is 69.6 Å². The summed E-state index contributed by atoms with van der Waals surface area (Å²) in [5.74, 6) is 0.450. The summed E-state index contributed by atoms with van der Waals surface area (Å²) < 4.78 is 3.00. The van der Waals surface area contributed by atoms with Gasteiger partial charge in [-0.1, -0.05) is 0 Å². The van der Waals surface area contributed by atoms with Crippen LogP contribution in [0.4, 0.5) is 5.95 Å². The van der Waals surface area contributed by atoms with E-state index in [1.54, 1.807) is 17.5 Å². The molecule has 3 heterocycles. The van der Waals surface area contributed by atoms with Crippen molar-refractivity contribution in [1.82, 2.24) is 19.5 Å². The van der Waals surface area contributed by atoms with E-state index in [0.717, 1.165) is 32.6 Å². The van der Waals surface area contributed by atoms with Gasteiger partial charge in [0.2, 0.25) is 5.95 Å². The Labute approximate surface area is 118 Å². The fraction of sp³-hybridized carbons (Fsp3) is 0.0714. The summed E-state index contributed by atoms with van der Waals surface area (Å²) in [6.07, 6.45) is 1.78. The van der Waals surface area contributed by atoms with E-state index in [9.17, 15) is 0 Å². The second-order valence-corrected chi connectivity index (χ2v) is 5.50. The number of aromatic nitrogens is 4. The molecule has 20 heavy (non-hydrogen) atoms. The molecule has 0 aliphatic rings. The van der Waals surface area contributed by atoms with Gasteiger partial charge in [0.25, 0.3) is 0 Å². The van der Waals surface area contributed by atoms with Gasteiger partial charge in [-0.2, -0.15) is 0 Å². The van der Waals surface area contributed by atoms with E-state index in [-0.39, 0.29) is 0 Å². The van der Waals surface area contributed by atoms with E-state index >= 15 is 0 Å². The van der Waals surface area contributed by atoms with Gasteiger partial charge in [0, 0.05) is 6.20 Å². The van der Waals surface area contributed by atoms with Gasteiger partial charge in [0.05, 0.1) is 21.4 Å². The van der Waals surface area contributed by atoms with Crippen LogP contribution in [-0.4, -0.2) is 19.5 Å². The van der Waals surface area contributed by atoms with E-state index in [1.807, 2.05) is 35.2 Å². The third-order valence-corrected chi connectivity index (χ3v) is 4.14. The molecule has 0 amide bonds. The van der Waals surface area contributed by atoms with E-state index in [4.69, 9.17) is 5.73 Å². The summed E-state index contributed by atoms with van der Waals surface area (Å²) in [6.45, 7) is 2.01. The quantitative estimate of drug-likeness (QED) is 0.582. The number of nitrogen functional groups attached to an aromatic ring is 1. The van der Waals surface area contributed by atoms with Crippen LogP contribution in [0.5, 0.6) is 0 Å². The third-order valence-electron chi connectivity index (χ3n) is 3.35. The minimum Gasteiger partial charge on any atom is -0.369 e. The second kappa shape index (κ2) is 4.01. The molecule has 4 rings (SSSR count). The Morgan fingerprint density at radius 1 is 1.20 bits per heavy atom. The molecule has 0 saturated carbocycles. The van der Waals surface area contributed by atoms with Crippen LogP contribution in [0, 0.1) is 6.92 Å². The van der Waals surface area contributed by atoms with Crippen LogP contribution in [0.25, 0.3) is 27.1 Å². The summed E-state index contributed by atoms with van der Waals surface area (Å²) in [4.78, 5) is 13.1. The van der Waals surface area contributed by atoms with Crippen LogP contribution in [0.15, 0.2) is 36.0 Å². The summed E-state index contributed by atoms with van der Waals surface area (Å²) in [6, 6.07) is 7.98. The van der Waals surface area contributed by atoms with Gasteiger partial charge in [-0.3, -0.25) is 4.57 Å². The molecular formula is C14H11N5S. The van der Waals surface area contributed by atoms with Crippen molar-refractivity contribution in [2.75, 3.05) is 5.73 Å². The average molecular weight is 281 g/mol. The maximum atomic E-state index is 6.07. The fourth-order valence-electron chi connectivity index (χ4n) is 2.35. The van der Waals surface area contributed by atoms with Crippen molar-refractivity contribution in [3.63, 3.8) is 0 Å². The molecule has 3 aromatic heterocycles. The zero-order valence-electron chi connectivity index (χ0n) is 10.7. The first-order valence-electron chi connectivity index (χ1n) is 6.17. The lowest BCUT2D eigenvalue weighted by atomic mass is 10.2. The standard InChI is InChI=1S/C14H11N5S/c1-8-4-5-16-13-12(8)18-14(15)19(13)9-2-3-10-11(6-9)20-7-17-10/h2-7H,1H3,(H2,15,18). The number of nitrogens with zero attached hydrogens (tertiary/aromatic N) is 4. The first-order chi connectivity index (χ1) is 9.74. The molecule has 5 nitrogen and oxygen atoms in total. The lowest BCUT2D eigenvalue weighted by molar-refractivity contribution is 1.09. The van der Waals surface area contributed by atoms with Gasteiger partial charge in [0.15, 0.2) is 5.65 Å². The van der Waals surface area contributed by atoms with E-state index in [1.165, 1.54) is 0 Å². The Morgan fingerprint density at radius 3 is 3.00 bits per heavy atom. The number of thiazole rings is 1. The Balaban J connectivity index is 2.06. The van der Waals surface area contributed by atoms with Crippen LogP contribution in [0.2, 0.25) is 0 Å². The molecule has 0 fully saturated rings. The van der Waals surface area contributed by atoms with Crippen LogP contribution in [0.1, 0.15) is 5.56 Å². The molecule has 6 heteroatoms. The van der Waals surface area contributed by atoms with Crippen molar-refractivity contribution < 1.29 is 0 Å². The number of benzene rings is 1. The fourth-order valence-corrected chi connectivity index (χ4v) is 3.06. The van der Waals surface area contributed by atoms with Gasteiger partial charge in [-0.15, -0.1) is 11.3 Å². The molecule has 1 aromatic carbocycles. The number of rotatable bonds is 1. The molecule has 0 bridgehead atoms. The lowest BCUT2D eigenvalue weighted by Crippen LogP contribution is -2.01. The maximum absolute atomic E-state index is 6.07. The molecule has 0 atom stereocenters. The molecule has 98 valence electrons. The Kier molecular flexibility index (Phi) is 2.28. The number of pyridine rings is 1. The molecule has 0 radical (unpaired) electrons. The Hall–Kier alpha value is -2.47. The highest BCUT2D eigenvalue weighted by Crippen LogP contribution is 2.26. The summed E-state index contributed by atoms with van der Waals surface area (Å²) in [5.41, 5.74) is 12.6. The highest BCUT2D eigenvalue weighted by molar-refractivity contribution is 7.16. The largest absolute Gasteiger partial charge is 0.369 e. The van der Waals surface area contributed by atoms with E-state index in [2.05, 4.69) is 21.0 Å². The minimum atomic E-state index is 0.450. The lowest BCUT2D eigenvalue weighted by Gasteiger charge is -2.05. The Bertz CT molecular complexity index is 937. The van der Waals surface area contributed by atoms with Crippen LogP contribution in [-0.2, 0) is 0 Å². The normalized spacial score (nSPS) is 11.4. The van der Waals surface area contributed by atoms with Gasteiger partial charge in [-0.25, -0.2) is 15.0 Å². The number of hydrogen-bond acceptors (Lipinski definition) is 5. The number of hydrogen-bond donors (Lipinski definition) is 1. The zero-order chi connectivity index (χ0) is 13.7. The van der Waals surface area contributed by atoms with Crippen molar-refractivity contribution in [2.24, 2.45) is 0 Å². The molecule has 0 spiro atoms. The van der Waals surface area contributed by atoms with Crippen LogP contribution in [0.3, 0.4) is 0 Å². The van der Waals surface area contributed by atoms with Gasteiger partial charge in [-0.05, 0) is 36.8 Å². The maximum Gasteiger partial charge on any atom is 0.207 e. The highest BCUT2D eigenvalue weighted by atomic mass is 32.1. The molecule has 0 aliphatic heterocycles. The number of anilines is 1. The summed E-state index contributed by atoms with van der Waals surface area (Å²) in [7, 11) is 0. The molecule has 0 saturated heterocycles. The average Bonchev–Trinajstić information content (AvgIpc) is 3.02. The number of imidazole rings is 1. The molecule has 2 N–H and O–H groups in total. The highest BCUT2D eigenvalue weighted by Gasteiger charge is 2.13. The van der Waals surface area contributed by atoms with Crippen molar-refractivity contribution in [2.45, 2.75) is 6.92 Å². The summed E-state index contributed by atoms with van der Waals surface area (Å²) in [5, 5.41) is 0. The van der Waals surface area contributed by atoms with Crippen LogP contribution < -0.4 is 5.73 Å². The predicted octanol–water partition coefficient (Wildman–Crippen LogP) is 2.92. The van der Waals surface area contributed by atoms with Gasteiger partial charge >= 0.3 is 0 Å². The first-order valence-corrected chi connectivity index (χ1v) is 7.05. The summed E-state index contributed by atoms with van der Waals surface area (Å²) >= 11 is 1.61. The third kappa shape index (κ3) is 1.51. The molecular weight excluding hydrogens is 270 g/mol. The van der Waals surface area contributed by atoms with Gasteiger partial charge < -0.3 is 5.73 Å². The molecule has 0 aliphatic carbocycles. The number of nitrogens with two attached hydrogens (primary N) is 1. The van der Waals surface area contributed by atoms with Crippen molar-refractivity contribution in [3.05, 3.63) is 41.5 Å². The zero-order valence-corrected chi connectivity index (χ0v) is 11.6. The smallest absolute Gasteiger partial charge is 0.207 e. The van der Waals surface area contributed by atoms with E-state index in [0.29, 0.717) is 5.95 Å². The SMILES string of the molecule is Cc1ccnc2c1nc(N)n2-c1ccc2ncsc2c1. The number of aryl methyl sites for hydroxylation is 1. The molecule has 4 aromatic rings. The van der Waals surface area contributed by atoms with E-state index < -0.39 is 0 Å². The predicted molar refractivity (Wildman–Crippen MR) is 81.2 cm³/mol. The molecule has 0 unspecified atom stereocenters. The monoisotopic (exact) mass is 281 g/mol. The van der Waals surface area contributed by atoms with Crippen molar-refractivity contribution in [1.29, 1.82) is 0 Å². The Morgan fingerprint density at radius 2 is 2.10 bits per heavy atom. The first kappa shape index (κ1) is 11.4. The number of fused-ring (bicyclic) bond motifs is 2. The second-order valence-electron chi connectivity index (χ2n) is 4.61. The van der Waals surface area contributed by atoms with Crippen molar-refractivity contribution >= 4 is 38.7 Å².